The molecule has 6 nitrogen and oxygen atoms in total. The molecule has 0 bridgehead atoms. The molecule has 7 heteroatoms. The zero-order valence-corrected chi connectivity index (χ0v) is 8.21. The van der Waals surface area contributed by atoms with Crippen molar-refractivity contribution in [2.75, 3.05) is 19.9 Å². The molecule has 1 heterocycles. The number of amidine groups is 1. The van der Waals surface area contributed by atoms with E-state index in [0.29, 0.717) is 6.54 Å². The average Bonchev–Trinajstić information content (AvgIpc) is 2.01. The number of nitrogens with one attached hydrogen (secondary N) is 1. The molecule has 13 heavy (non-hydrogen) atoms. The molecule has 74 valence electrons. The van der Waals surface area contributed by atoms with Gasteiger partial charge in [-0.3, -0.25) is 9.71 Å². The maximum atomic E-state index is 10.8. The average molecular weight is 205 g/mol. The second-order valence-corrected chi connectivity index (χ2v) is 4.32. The highest BCUT2D eigenvalue weighted by atomic mass is 32.2. The summed E-state index contributed by atoms with van der Waals surface area (Å²) in [5.74, 6) is 0.209. The van der Waals surface area contributed by atoms with Gasteiger partial charge in [-0.1, -0.05) is 0 Å². The van der Waals surface area contributed by atoms with Crippen molar-refractivity contribution in [1.82, 2.24) is 4.72 Å². The van der Waals surface area contributed by atoms with Crippen LogP contribution in [-0.4, -0.2) is 46.6 Å². The van der Waals surface area contributed by atoms with Gasteiger partial charge in [0.05, 0.1) is 19.0 Å². The van der Waals surface area contributed by atoms with Gasteiger partial charge >= 0.3 is 0 Å². The summed E-state index contributed by atoms with van der Waals surface area (Å²) in [6.07, 6.45) is 2.03. The van der Waals surface area contributed by atoms with Crippen molar-refractivity contribution in [3.8, 4) is 0 Å². The molecule has 0 radical (unpaired) electrons. The molecule has 1 aliphatic rings. The van der Waals surface area contributed by atoms with Gasteiger partial charge in [0.2, 0.25) is 10.0 Å². The van der Waals surface area contributed by atoms with Crippen LogP contribution in [0.3, 0.4) is 0 Å². The van der Waals surface area contributed by atoms with Crippen LogP contribution in [-0.2, 0) is 14.8 Å². The van der Waals surface area contributed by atoms with Gasteiger partial charge in [-0.05, 0) is 0 Å². The van der Waals surface area contributed by atoms with E-state index in [-0.39, 0.29) is 5.84 Å². The number of methoxy groups -OCH3 is 1. The van der Waals surface area contributed by atoms with Crippen molar-refractivity contribution in [1.29, 1.82) is 0 Å². The van der Waals surface area contributed by atoms with E-state index < -0.39 is 16.3 Å². The maximum absolute atomic E-state index is 10.8. The zero-order valence-electron chi connectivity index (χ0n) is 7.39. The van der Waals surface area contributed by atoms with Crippen LogP contribution in [0.2, 0.25) is 0 Å². The second kappa shape index (κ2) is 3.84. The van der Waals surface area contributed by atoms with E-state index in [9.17, 15) is 8.42 Å². The van der Waals surface area contributed by atoms with Crippen LogP contribution in [0.1, 0.15) is 0 Å². The van der Waals surface area contributed by atoms with Gasteiger partial charge in [0.1, 0.15) is 0 Å². The first-order chi connectivity index (χ1) is 6.01. The largest absolute Gasteiger partial charge is 0.358 e. The summed E-state index contributed by atoms with van der Waals surface area (Å²) < 4.78 is 28.7. The first-order valence-corrected chi connectivity index (χ1v) is 5.48. The summed E-state index contributed by atoms with van der Waals surface area (Å²) in [4.78, 5) is 7.83. The van der Waals surface area contributed by atoms with Gasteiger partial charge in [0.25, 0.3) is 0 Å². The summed E-state index contributed by atoms with van der Waals surface area (Å²) in [6, 6.07) is 0. The van der Waals surface area contributed by atoms with Gasteiger partial charge < -0.3 is 4.74 Å². The topological polar surface area (TPSA) is 80.1 Å². The summed E-state index contributed by atoms with van der Waals surface area (Å²) in [7, 11) is -1.79. The standard InChI is InChI=1S/C6H11N3O3S/c1-12-6-4-7-3-5(8-6)9-13(2,10)11/h3,6H,4H2,1-2H3,(H,8,9). The number of ether oxygens (including phenoxy) is 1. The Bertz CT molecular complexity index is 333. The molecule has 0 spiro atoms. The quantitative estimate of drug-likeness (QED) is 0.627. The molecule has 1 rings (SSSR count). The lowest BCUT2D eigenvalue weighted by Gasteiger charge is -2.13. The van der Waals surface area contributed by atoms with E-state index in [4.69, 9.17) is 4.74 Å². The van der Waals surface area contributed by atoms with Crippen LogP contribution in [0.4, 0.5) is 0 Å². The minimum absolute atomic E-state index is 0.209. The molecular formula is C6H11N3O3S. The molecule has 0 saturated heterocycles. The Labute approximate surface area is 76.8 Å². The smallest absolute Gasteiger partial charge is 0.231 e. The van der Waals surface area contributed by atoms with E-state index in [0.717, 1.165) is 6.26 Å². The highest BCUT2D eigenvalue weighted by Crippen LogP contribution is 1.97. The molecule has 0 aliphatic carbocycles. The third kappa shape index (κ3) is 3.51. The Balaban J connectivity index is 2.70. The van der Waals surface area contributed by atoms with Gasteiger partial charge in [-0.15, -0.1) is 0 Å². The molecule has 0 saturated carbocycles. The van der Waals surface area contributed by atoms with Crippen molar-refractivity contribution in [2.45, 2.75) is 6.23 Å². The van der Waals surface area contributed by atoms with E-state index in [1.807, 2.05) is 0 Å². The number of sulfonamides is 1. The van der Waals surface area contributed by atoms with Gasteiger partial charge in [-0.25, -0.2) is 13.4 Å². The van der Waals surface area contributed by atoms with Crippen molar-refractivity contribution in [3.63, 3.8) is 0 Å². The normalized spacial score (nSPS) is 22.6. The Morgan fingerprint density at radius 1 is 1.69 bits per heavy atom. The molecule has 0 aromatic carbocycles. The first-order valence-electron chi connectivity index (χ1n) is 3.59. The lowest BCUT2D eigenvalue weighted by Crippen LogP contribution is -2.34. The van der Waals surface area contributed by atoms with Crippen LogP contribution in [0, 0.1) is 0 Å². The van der Waals surface area contributed by atoms with E-state index in [1.54, 1.807) is 0 Å². The minimum atomic E-state index is -3.28. The third-order valence-corrected chi connectivity index (χ3v) is 1.90. The predicted molar refractivity (Wildman–Crippen MR) is 49.6 cm³/mol. The van der Waals surface area contributed by atoms with Crippen molar-refractivity contribution in [2.24, 2.45) is 9.98 Å². The summed E-state index contributed by atoms with van der Waals surface area (Å²) in [5.41, 5.74) is 0. The number of aliphatic imine (C=N–C) groups is 2. The molecule has 0 aromatic heterocycles. The lowest BCUT2D eigenvalue weighted by molar-refractivity contribution is 0.117. The molecule has 1 N–H and O–H groups in total. The molecule has 0 amide bonds. The fourth-order valence-electron chi connectivity index (χ4n) is 0.829. The maximum Gasteiger partial charge on any atom is 0.231 e. The van der Waals surface area contributed by atoms with Crippen LogP contribution in [0.5, 0.6) is 0 Å². The predicted octanol–water partition coefficient (Wildman–Crippen LogP) is -1.01. The summed E-state index contributed by atoms with van der Waals surface area (Å²) in [5, 5.41) is 0. The summed E-state index contributed by atoms with van der Waals surface area (Å²) in [6.45, 7) is 0.422. The van der Waals surface area contributed by atoms with Crippen LogP contribution in [0.25, 0.3) is 0 Å². The Hall–Kier alpha value is -0.950. The fraction of sp³-hybridized carbons (Fsp3) is 0.667. The summed E-state index contributed by atoms with van der Waals surface area (Å²) >= 11 is 0. The second-order valence-electron chi connectivity index (χ2n) is 2.57. The van der Waals surface area contributed by atoms with Gasteiger partial charge in [0.15, 0.2) is 12.1 Å². The molecule has 1 aliphatic heterocycles. The molecule has 1 unspecified atom stereocenters. The fourth-order valence-corrected chi connectivity index (χ4v) is 1.31. The first kappa shape index (κ1) is 10.1. The highest BCUT2D eigenvalue weighted by Gasteiger charge is 2.12. The molecule has 0 fully saturated rings. The number of hydrogen-bond donors (Lipinski definition) is 1. The lowest BCUT2D eigenvalue weighted by atomic mass is 10.5. The van der Waals surface area contributed by atoms with Crippen molar-refractivity contribution >= 4 is 22.1 Å². The number of hydrogen-bond acceptors (Lipinski definition) is 5. The van der Waals surface area contributed by atoms with Crippen molar-refractivity contribution in [3.05, 3.63) is 0 Å². The monoisotopic (exact) mass is 205 g/mol. The van der Waals surface area contributed by atoms with Crippen LogP contribution in [0.15, 0.2) is 9.98 Å². The Morgan fingerprint density at radius 3 is 2.92 bits per heavy atom. The molecule has 0 aromatic rings. The number of nitrogens with zero attached hydrogens (tertiary/aromatic N) is 2. The SMILES string of the molecule is COC1CN=CC(NS(C)(=O)=O)=N1. The molecule has 1 atom stereocenters. The van der Waals surface area contributed by atoms with Gasteiger partial charge in [-0.2, -0.15) is 0 Å². The van der Waals surface area contributed by atoms with Gasteiger partial charge in [0, 0.05) is 7.11 Å². The zero-order chi connectivity index (χ0) is 9.90. The van der Waals surface area contributed by atoms with Crippen LogP contribution >= 0.6 is 0 Å². The van der Waals surface area contributed by atoms with E-state index >= 15 is 0 Å². The minimum Gasteiger partial charge on any atom is -0.358 e. The van der Waals surface area contributed by atoms with E-state index in [2.05, 4.69) is 14.7 Å². The number of rotatable bonds is 2. The van der Waals surface area contributed by atoms with E-state index in [1.165, 1.54) is 13.3 Å². The van der Waals surface area contributed by atoms with Crippen LogP contribution < -0.4 is 4.72 Å². The highest BCUT2D eigenvalue weighted by molar-refractivity contribution is 7.89. The third-order valence-electron chi connectivity index (χ3n) is 1.32. The Kier molecular flexibility index (Phi) is 2.99. The van der Waals surface area contributed by atoms with Crippen molar-refractivity contribution < 1.29 is 13.2 Å². The molecular weight excluding hydrogens is 194 g/mol. The Morgan fingerprint density at radius 2 is 2.38 bits per heavy atom.